The average Bonchev–Trinajstić information content (AvgIpc) is 3.29. The van der Waals surface area contributed by atoms with Crippen LogP contribution in [0.25, 0.3) is 28.6 Å². The van der Waals surface area contributed by atoms with E-state index in [9.17, 15) is 0 Å². The zero-order chi connectivity index (χ0) is 19.0. The lowest BCUT2D eigenvalue weighted by Crippen LogP contribution is -2.02. The average molecular weight is 401 g/mol. The van der Waals surface area contributed by atoms with Crippen molar-refractivity contribution in [3.63, 3.8) is 0 Å². The second kappa shape index (κ2) is 7.06. The number of benzene rings is 2. The van der Waals surface area contributed by atoms with Crippen LogP contribution in [-0.2, 0) is 0 Å². The van der Waals surface area contributed by atoms with Gasteiger partial charge in [-0.05, 0) is 49.4 Å². The van der Waals surface area contributed by atoms with E-state index in [1.165, 1.54) is 0 Å². The molecule has 0 N–H and O–H groups in total. The summed E-state index contributed by atoms with van der Waals surface area (Å²) in [6, 6.07) is 12.5. The highest BCUT2D eigenvalue weighted by molar-refractivity contribution is 6.31. The molecular weight excluding hydrogens is 387 g/mol. The van der Waals surface area contributed by atoms with Crippen LogP contribution in [0.15, 0.2) is 53.1 Å². The molecule has 0 radical (unpaired) electrons. The zero-order valence-corrected chi connectivity index (χ0v) is 16.0. The summed E-state index contributed by atoms with van der Waals surface area (Å²) in [6.45, 7) is 1.91. The lowest BCUT2D eigenvalue weighted by Gasteiger charge is -2.10. The normalized spacial score (nSPS) is 11.0. The van der Waals surface area contributed by atoms with Gasteiger partial charge in [0.05, 0.1) is 24.6 Å². The largest absolute Gasteiger partial charge is 0.494 e. The van der Waals surface area contributed by atoms with E-state index in [1.807, 2.05) is 19.1 Å². The van der Waals surface area contributed by atoms with Crippen molar-refractivity contribution in [1.82, 2.24) is 20.0 Å². The van der Waals surface area contributed by atoms with Gasteiger partial charge in [-0.3, -0.25) is 0 Å². The van der Waals surface area contributed by atoms with E-state index in [2.05, 4.69) is 15.3 Å². The molecule has 0 saturated heterocycles. The van der Waals surface area contributed by atoms with E-state index in [-0.39, 0.29) is 0 Å². The van der Waals surface area contributed by atoms with Crippen LogP contribution in [-0.4, -0.2) is 27.1 Å². The van der Waals surface area contributed by atoms with Gasteiger partial charge in [-0.2, -0.15) is 5.10 Å². The van der Waals surface area contributed by atoms with Gasteiger partial charge in [0.15, 0.2) is 0 Å². The van der Waals surface area contributed by atoms with Crippen molar-refractivity contribution < 1.29 is 9.15 Å². The van der Waals surface area contributed by atoms with Crippen LogP contribution < -0.4 is 4.74 Å². The van der Waals surface area contributed by atoms with E-state index >= 15 is 0 Å². The van der Waals surface area contributed by atoms with Crippen molar-refractivity contribution in [3.05, 3.63) is 64.4 Å². The van der Waals surface area contributed by atoms with Crippen molar-refractivity contribution in [2.24, 2.45) is 0 Å². The molecule has 0 atom stereocenters. The number of halogens is 2. The van der Waals surface area contributed by atoms with Crippen LogP contribution in [0.2, 0.25) is 10.0 Å². The van der Waals surface area contributed by atoms with Gasteiger partial charge in [0.2, 0.25) is 5.89 Å². The van der Waals surface area contributed by atoms with Crippen LogP contribution >= 0.6 is 23.2 Å². The Labute approximate surface area is 165 Å². The Kier molecular flexibility index (Phi) is 4.59. The number of hydrogen-bond donors (Lipinski definition) is 0. The second-order valence-electron chi connectivity index (χ2n) is 5.79. The van der Waals surface area contributed by atoms with E-state index in [1.54, 1.807) is 48.3 Å². The van der Waals surface area contributed by atoms with Gasteiger partial charge < -0.3 is 9.15 Å². The van der Waals surface area contributed by atoms with Crippen molar-refractivity contribution in [1.29, 1.82) is 0 Å². The summed E-state index contributed by atoms with van der Waals surface area (Å²) in [4.78, 5) is 0. The van der Waals surface area contributed by atoms with E-state index in [0.717, 1.165) is 22.5 Å². The molecule has 0 aliphatic carbocycles. The maximum atomic E-state index is 6.14. The Morgan fingerprint density at radius 1 is 0.963 bits per heavy atom. The minimum atomic E-state index is 0.379. The minimum Gasteiger partial charge on any atom is -0.494 e. The molecule has 4 rings (SSSR count). The zero-order valence-electron chi connectivity index (χ0n) is 14.5. The maximum absolute atomic E-state index is 6.14. The van der Waals surface area contributed by atoms with Gasteiger partial charge in [-0.1, -0.05) is 23.2 Å². The van der Waals surface area contributed by atoms with Crippen molar-refractivity contribution in [2.75, 3.05) is 7.11 Å². The third-order valence-corrected chi connectivity index (χ3v) is 4.61. The van der Waals surface area contributed by atoms with Crippen molar-refractivity contribution in [2.45, 2.75) is 6.92 Å². The van der Waals surface area contributed by atoms with Gasteiger partial charge in [0.1, 0.15) is 11.4 Å². The molecule has 0 bridgehead atoms. The van der Waals surface area contributed by atoms with Gasteiger partial charge >= 0.3 is 0 Å². The summed E-state index contributed by atoms with van der Waals surface area (Å²) in [5.41, 5.74) is 3.07. The predicted octanol–water partition coefficient (Wildman–Crippen LogP) is 5.21. The fourth-order valence-corrected chi connectivity index (χ4v) is 3.02. The van der Waals surface area contributed by atoms with Crippen LogP contribution in [0, 0.1) is 6.92 Å². The van der Waals surface area contributed by atoms with Crippen LogP contribution in [0.3, 0.4) is 0 Å². The fourth-order valence-electron chi connectivity index (χ4n) is 2.73. The van der Waals surface area contributed by atoms with Crippen molar-refractivity contribution in [3.8, 4) is 34.3 Å². The smallest absolute Gasteiger partial charge is 0.251 e. The first kappa shape index (κ1) is 17.6. The molecule has 2 heterocycles. The number of aromatic nitrogens is 4. The summed E-state index contributed by atoms with van der Waals surface area (Å²) in [7, 11) is 1.60. The molecule has 6 nitrogen and oxygen atoms in total. The molecule has 2 aromatic heterocycles. The molecule has 0 aliphatic rings. The summed E-state index contributed by atoms with van der Waals surface area (Å²) >= 11 is 12.1. The number of ether oxygens (including phenoxy) is 1. The Morgan fingerprint density at radius 3 is 2.41 bits per heavy atom. The Morgan fingerprint density at radius 2 is 1.67 bits per heavy atom. The molecule has 0 fully saturated rings. The quantitative estimate of drug-likeness (QED) is 0.470. The SMILES string of the molecule is COc1ccc(Cl)cc1-n1ncc(-c2nnc(-c3ccc(Cl)cc3)o2)c1C. The van der Waals surface area contributed by atoms with E-state index < -0.39 is 0 Å². The van der Waals surface area contributed by atoms with Crippen LogP contribution in [0.5, 0.6) is 5.75 Å². The monoisotopic (exact) mass is 400 g/mol. The number of nitrogens with zero attached hydrogens (tertiary/aromatic N) is 4. The molecule has 4 aromatic rings. The Bertz CT molecular complexity index is 1100. The molecule has 0 amide bonds. The number of hydrogen-bond acceptors (Lipinski definition) is 5. The molecule has 0 unspecified atom stereocenters. The first-order valence-corrected chi connectivity index (χ1v) is 8.81. The van der Waals surface area contributed by atoms with Gasteiger partial charge in [0.25, 0.3) is 5.89 Å². The van der Waals surface area contributed by atoms with E-state index in [4.69, 9.17) is 32.4 Å². The molecule has 2 aromatic carbocycles. The highest BCUT2D eigenvalue weighted by Gasteiger charge is 2.18. The topological polar surface area (TPSA) is 66.0 Å². The summed E-state index contributed by atoms with van der Waals surface area (Å²) in [5, 5.41) is 13.9. The predicted molar refractivity (Wildman–Crippen MR) is 104 cm³/mol. The Hall–Kier alpha value is -2.83. The third-order valence-electron chi connectivity index (χ3n) is 4.13. The highest BCUT2D eigenvalue weighted by atomic mass is 35.5. The van der Waals surface area contributed by atoms with Gasteiger partial charge in [0, 0.05) is 15.6 Å². The van der Waals surface area contributed by atoms with Gasteiger partial charge in [-0.15, -0.1) is 10.2 Å². The highest BCUT2D eigenvalue weighted by Crippen LogP contribution is 2.31. The molecule has 0 saturated carbocycles. The first-order chi connectivity index (χ1) is 13.1. The molecule has 0 aliphatic heterocycles. The molecule has 8 heteroatoms. The van der Waals surface area contributed by atoms with Crippen LogP contribution in [0.4, 0.5) is 0 Å². The van der Waals surface area contributed by atoms with Crippen molar-refractivity contribution >= 4 is 23.2 Å². The molecule has 0 spiro atoms. The fraction of sp³-hybridized carbons (Fsp3) is 0.105. The molecule has 27 heavy (non-hydrogen) atoms. The number of methoxy groups -OCH3 is 1. The second-order valence-corrected chi connectivity index (χ2v) is 6.66. The molecule has 136 valence electrons. The lowest BCUT2D eigenvalue weighted by molar-refractivity contribution is 0.411. The summed E-state index contributed by atoms with van der Waals surface area (Å²) in [6.07, 6.45) is 1.68. The lowest BCUT2D eigenvalue weighted by atomic mass is 10.2. The third kappa shape index (κ3) is 3.29. The maximum Gasteiger partial charge on any atom is 0.251 e. The summed E-state index contributed by atoms with van der Waals surface area (Å²) < 4.78 is 13.0. The van der Waals surface area contributed by atoms with Crippen LogP contribution in [0.1, 0.15) is 5.69 Å². The first-order valence-electron chi connectivity index (χ1n) is 8.05. The van der Waals surface area contributed by atoms with Gasteiger partial charge in [-0.25, -0.2) is 4.68 Å². The summed E-state index contributed by atoms with van der Waals surface area (Å²) in [5.74, 6) is 1.45. The van der Waals surface area contributed by atoms with E-state index in [0.29, 0.717) is 27.6 Å². The minimum absolute atomic E-state index is 0.379. The Balaban J connectivity index is 1.73. The standard InChI is InChI=1S/C19H14Cl2N4O2/c1-11-15(10-22-25(11)16-9-14(21)7-8-17(16)26-2)19-24-23-18(27-19)12-3-5-13(20)6-4-12/h3-10H,1-2H3. The number of rotatable bonds is 4. The molecular formula is C19H14Cl2N4O2.